The van der Waals surface area contributed by atoms with Gasteiger partial charge in [0, 0.05) is 13.0 Å². The molecule has 1 rings (SSSR count). The minimum atomic E-state index is -0.928. The molecule has 5 heteroatoms. The van der Waals surface area contributed by atoms with Gasteiger partial charge in [-0.25, -0.2) is 0 Å². The van der Waals surface area contributed by atoms with Crippen molar-refractivity contribution in [3.8, 4) is 5.75 Å². The third kappa shape index (κ3) is 4.86. The molecule has 0 saturated heterocycles. The lowest BCUT2D eigenvalue weighted by Gasteiger charge is -2.16. The Labute approximate surface area is 106 Å². The molecule has 1 aromatic carbocycles. The third-order valence-corrected chi connectivity index (χ3v) is 2.47. The van der Waals surface area contributed by atoms with Gasteiger partial charge in [0.25, 0.3) is 0 Å². The number of amides is 1. The van der Waals surface area contributed by atoms with E-state index in [1.807, 2.05) is 12.1 Å². The Bertz CT molecular complexity index is 398. The van der Waals surface area contributed by atoms with E-state index in [1.54, 1.807) is 19.2 Å². The van der Waals surface area contributed by atoms with Crippen molar-refractivity contribution in [3.05, 3.63) is 29.8 Å². The summed E-state index contributed by atoms with van der Waals surface area (Å²) < 4.78 is 5.04. The molecule has 0 saturated carbocycles. The van der Waals surface area contributed by atoms with E-state index in [-0.39, 0.29) is 12.3 Å². The van der Waals surface area contributed by atoms with Crippen LogP contribution in [0.4, 0.5) is 0 Å². The summed E-state index contributed by atoms with van der Waals surface area (Å²) in [6.07, 6.45) is 0.390. The Hall–Kier alpha value is -2.04. The maximum atomic E-state index is 11.0. The van der Waals surface area contributed by atoms with Crippen molar-refractivity contribution in [3.63, 3.8) is 0 Å². The number of benzene rings is 1. The molecule has 0 fully saturated rings. The van der Waals surface area contributed by atoms with E-state index in [4.69, 9.17) is 9.84 Å². The van der Waals surface area contributed by atoms with E-state index in [9.17, 15) is 9.59 Å². The van der Waals surface area contributed by atoms with Crippen LogP contribution in [0, 0.1) is 0 Å². The summed E-state index contributed by atoms with van der Waals surface area (Å²) in [4.78, 5) is 21.7. The Balaban J connectivity index is 2.68. The molecule has 18 heavy (non-hydrogen) atoms. The quantitative estimate of drug-likeness (QED) is 0.797. The first-order valence-electron chi connectivity index (χ1n) is 5.63. The van der Waals surface area contributed by atoms with Crippen molar-refractivity contribution in [1.29, 1.82) is 0 Å². The lowest BCUT2D eigenvalue weighted by Crippen LogP contribution is -2.36. The highest BCUT2D eigenvalue weighted by molar-refractivity contribution is 5.75. The highest BCUT2D eigenvalue weighted by atomic mass is 16.5. The number of aliphatic carboxylic acids is 1. The van der Waals surface area contributed by atoms with Gasteiger partial charge in [0.05, 0.1) is 13.5 Å². The highest BCUT2D eigenvalue weighted by Crippen LogP contribution is 2.13. The Kier molecular flexibility index (Phi) is 5.17. The SMILES string of the molecule is COc1ccc(CC(CC(=O)O)NC(C)=O)cc1. The molecule has 0 aromatic heterocycles. The molecule has 0 aliphatic rings. The lowest BCUT2D eigenvalue weighted by atomic mass is 10.0. The molecule has 0 bridgehead atoms. The Morgan fingerprint density at radius 3 is 2.39 bits per heavy atom. The third-order valence-electron chi connectivity index (χ3n) is 2.47. The normalized spacial score (nSPS) is 11.7. The van der Waals surface area contributed by atoms with Gasteiger partial charge in [0.1, 0.15) is 5.75 Å². The van der Waals surface area contributed by atoms with Crippen molar-refractivity contribution in [1.82, 2.24) is 5.32 Å². The Morgan fingerprint density at radius 1 is 1.33 bits per heavy atom. The van der Waals surface area contributed by atoms with Crippen LogP contribution >= 0.6 is 0 Å². The molecule has 98 valence electrons. The van der Waals surface area contributed by atoms with Crippen LogP contribution in [0.25, 0.3) is 0 Å². The summed E-state index contributed by atoms with van der Waals surface area (Å²) in [5, 5.41) is 11.4. The largest absolute Gasteiger partial charge is 0.497 e. The van der Waals surface area contributed by atoms with E-state index < -0.39 is 12.0 Å². The molecule has 1 atom stereocenters. The molecule has 1 aromatic rings. The maximum Gasteiger partial charge on any atom is 0.305 e. The Morgan fingerprint density at radius 2 is 1.94 bits per heavy atom. The van der Waals surface area contributed by atoms with Crippen molar-refractivity contribution in [2.24, 2.45) is 0 Å². The van der Waals surface area contributed by atoms with Gasteiger partial charge in [-0.05, 0) is 24.1 Å². The second kappa shape index (κ2) is 6.64. The summed E-state index contributed by atoms with van der Waals surface area (Å²) >= 11 is 0. The van der Waals surface area contributed by atoms with Gasteiger partial charge >= 0.3 is 5.97 Å². The summed E-state index contributed by atoms with van der Waals surface area (Å²) in [6.45, 7) is 1.38. The van der Waals surface area contributed by atoms with Crippen LogP contribution in [0.1, 0.15) is 18.9 Å². The van der Waals surface area contributed by atoms with Gasteiger partial charge < -0.3 is 15.2 Å². The molecular weight excluding hydrogens is 234 g/mol. The van der Waals surface area contributed by atoms with Crippen LogP contribution in [0.5, 0.6) is 5.75 Å². The monoisotopic (exact) mass is 251 g/mol. The fourth-order valence-electron chi connectivity index (χ4n) is 1.72. The van der Waals surface area contributed by atoms with E-state index >= 15 is 0 Å². The van der Waals surface area contributed by atoms with Gasteiger partial charge in [0.2, 0.25) is 5.91 Å². The van der Waals surface area contributed by atoms with Crippen LogP contribution in [0.2, 0.25) is 0 Å². The summed E-state index contributed by atoms with van der Waals surface area (Å²) in [6, 6.07) is 6.93. The van der Waals surface area contributed by atoms with Crippen LogP contribution in [-0.4, -0.2) is 30.1 Å². The first kappa shape index (κ1) is 14.0. The van der Waals surface area contributed by atoms with Crippen molar-refractivity contribution < 1.29 is 19.4 Å². The summed E-state index contributed by atoms with van der Waals surface area (Å²) in [7, 11) is 1.58. The molecule has 1 unspecified atom stereocenters. The number of ether oxygens (including phenoxy) is 1. The fourth-order valence-corrected chi connectivity index (χ4v) is 1.72. The second-order valence-electron chi connectivity index (χ2n) is 4.05. The van der Waals surface area contributed by atoms with Gasteiger partial charge in [-0.15, -0.1) is 0 Å². The smallest absolute Gasteiger partial charge is 0.305 e. The van der Waals surface area contributed by atoms with Crippen LogP contribution in [0.15, 0.2) is 24.3 Å². The molecule has 0 spiro atoms. The van der Waals surface area contributed by atoms with Gasteiger partial charge in [-0.1, -0.05) is 12.1 Å². The zero-order valence-corrected chi connectivity index (χ0v) is 10.5. The molecule has 5 nitrogen and oxygen atoms in total. The van der Waals surface area contributed by atoms with Crippen molar-refractivity contribution in [2.45, 2.75) is 25.8 Å². The van der Waals surface area contributed by atoms with Crippen LogP contribution in [-0.2, 0) is 16.0 Å². The van der Waals surface area contributed by atoms with E-state index in [1.165, 1.54) is 6.92 Å². The maximum absolute atomic E-state index is 11.0. The average molecular weight is 251 g/mol. The minimum absolute atomic E-state index is 0.0917. The molecule has 0 heterocycles. The predicted molar refractivity (Wildman–Crippen MR) is 66.6 cm³/mol. The molecule has 0 aliphatic carbocycles. The molecule has 0 radical (unpaired) electrons. The zero-order valence-electron chi connectivity index (χ0n) is 10.5. The van der Waals surface area contributed by atoms with E-state index in [0.717, 1.165) is 11.3 Å². The number of hydrogen-bond acceptors (Lipinski definition) is 3. The van der Waals surface area contributed by atoms with Crippen LogP contribution in [0.3, 0.4) is 0 Å². The van der Waals surface area contributed by atoms with Crippen LogP contribution < -0.4 is 10.1 Å². The van der Waals surface area contributed by atoms with Crippen molar-refractivity contribution in [2.75, 3.05) is 7.11 Å². The topological polar surface area (TPSA) is 75.6 Å². The number of nitrogens with one attached hydrogen (secondary N) is 1. The number of rotatable bonds is 6. The standard InChI is InChI=1S/C13H17NO4/c1-9(15)14-11(8-13(16)17)7-10-3-5-12(18-2)6-4-10/h3-6,11H,7-8H2,1-2H3,(H,14,15)(H,16,17). The lowest BCUT2D eigenvalue weighted by molar-refractivity contribution is -0.137. The molecule has 0 aliphatic heterocycles. The number of carboxylic acids is 1. The summed E-state index contributed by atoms with van der Waals surface area (Å²) in [5.41, 5.74) is 0.954. The number of carbonyl (C=O) groups excluding carboxylic acids is 1. The number of hydrogen-bond donors (Lipinski definition) is 2. The fraction of sp³-hybridized carbons (Fsp3) is 0.385. The second-order valence-corrected chi connectivity index (χ2v) is 4.05. The van der Waals surface area contributed by atoms with Gasteiger partial charge in [0.15, 0.2) is 0 Å². The highest BCUT2D eigenvalue weighted by Gasteiger charge is 2.14. The summed E-state index contributed by atoms with van der Waals surface area (Å²) in [5.74, 6) is -0.412. The van der Waals surface area contributed by atoms with Crippen molar-refractivity contribution >= 4 is 11.9 Å². The molecule has 1 amide bonds. The predicted octanol–water partition coefficient (Wildman–Crippen LogP) is 1.22. The average Bonchev–Trinajstić information content (AvgIpc) is 2.28. The first-order valence-corrected chi connectivity index (χ1v) is 5.63. The first-order chi connectivity index (χ1) is 8.51. The van der Waals surface area contributed by atoms with Gasteiger partial charge in [-0.2, -0.15) is 0 Å². The molecular formula is C13H17NO4. The number of carboxylic acid groups (broad SMARTS) is 1. The van der Waals surface area contributed by atoms with Gasteiger partial charge in [-0.3, -0.25) is 9.59 Å². The molecule has 2 N–H and O–H groups in total. The van der Waals surface area contributed by atoms with E-state index in [2.05, 4.69) is 5.32 Å². The van der Waals surface area contributed by atoms with E-state index in [0.29, 0.717) is 6.42 Å². The number of methoxy groups -OCH3 is 1. The minimum Gasteiger partial charge on any atom is -0.497 e. The number of carbonyl (C=O) groups is 2. The zero-order chi connectivity index (χ0) is 13.5.